The molecule has 2 rings (SSSR count). The van der Waals surface area contributed by atoms with Gasteiger partial charge < -0.3 is 10.1 Å². The Hall–Kier alpha value is -0.570. The van der Waals surface area contributed by atoms with Gasteiger partial charge in [0, 0.05) is 24.2 Å². The highest BCUT2D eigenvalue weighted by Crippen LogP contribution is 2.18. The Morgan fingerprint density at radius 3 is 3.12 bits per heavy atom. The van der Waals surface area contributed by atoms with Crippen molar-refractivity contribution in [2.45, 2.75) is 19.4 Å². The van der Waals surface area contributed by atoms with E-state index in [4.69, 9.17) is 16.3 Å². The van der Waals surface area contributed by atoms with E-state index in [9.17, 15) is 0 Å². The first-order chi connectivity index (χ1) is 7.75. The van der Waals surface area contributed by atoms with Crippen LogP contribution in [0.4, 0.5) is 0 Å². The quantitative estimate of drug-likeness (QED) is 0.872. The van der Waals surface area contributed by atoms with Crippen LogP contribution in [-0.4, -0.2) is 19.8 Å². The Morgan fingerprint density at radius 2 is 2.44 bits per heavy atom. The van der Waals surface area contributed by atoms with Crippen molar-refractivity contribution in [1.29, 1.82) is 0 Å². The van der Waals surface area contributed by atoms with Gasteiger partial charge in [-0.2, -0.15) is 0 Å². The van der Waals surface area contributed by atoms with Crippen LogP contribution in [0.3, 0.4) is 0 Å². The number of benzene rings is 1. The Kier molecular flexibility index (Phi) is 4.22. The van der Waals surface area contributed by atoms with Crippen molar-refractivity contribution in [1.82, 2.24) is 5.32 Å². The Balaban J connectivity index is 1.85. The lowest BCUT2D eigenvalue weighted by Gasteiger charge is -2.16. The molecule has 0 aliphatic carbocycles. The number of rotatable bonds is 4. The number of hydrogen-bond acceptors (Lipinski definition) is 2. The fourth-order valence-electron chi connectivity index (χ4n) is 1.98. The molecule has 0 bridgehead atoms. The van der Waals surface area contributed by atoms with Crippen LogP contribution in [0, 0.1) is 5.92 Å². The lowest BCUT2D eigenvalue weighted by molar-refractivity contribution is 0.184. The fraction of sp³-hybridized carbons (Fsp3) is 0.538. The molecule has 1 aromatic rings. The molecule has 1 fully saturated rings. The second kappa shape index (κ2) is 5.67. The van der Waals surface area contributed by atoms with Crippen molar-refractivity contribution in [3.8, 4) is 0 Å². The molecular weight excluding hydrogens is 222 g/mol. The van der Waals surface area contributed by atoms with Crippen molar-refractivity contribution in [3.63, 3.8) is 0 Å². The maximum atomic E-state index is 5.97. The van der Waals surface area contributed by atoms with Gasteiger partial charge in [-0.1, -0.05) is 23.7 Å². The molecule has 0 spiro atoms. The maximum absolute atomic E-state index is 5.97. The highest BCUT2D eigenvalue weighted by molar-refractivity contribution is 6.30. The molecule has 1 aromatic carbocycles. The van der Waals surface area contributed by atoms with E-state index in [1.165, 1.54) is 12.0 Å². The number of nitrogens with one attached hydrogen (secondary N) is 1. The van der Waals surface area contributed by atoms with Crippen LogP contribution < -0.4 is 5.32 Å². The van der Waals surface area contributed by atoms with Gasteiger partial charge in [-0.05, 0) is 37.0 Å². The zero-order valence-corrected chi connectivity index (χ0v) is 10.3. The molecule has 0 saturated carbocycles. The smallest absolute Gasteiger partial charge is 0.0507 e. The molecule has 88 valence electrons. The molecule has 1 heterocycles. The minimum Gasteiger partial charge on any atom is -0.381 e. The summed E-state index contributed by atoms with van der Waals surface area (Å²) in [7, 11) is 0. The van der Waals surface area contributed by atoms with Crippen molar-refractivity contribution >= 4 is 11.6 Å². The summed E-state index contributed by atoms with van der Waals surface area (Å²) in [4.78, 5) is 0. The largest absolute Gasteiger partial charge is 0.381 e. The molecule has 2 atom stereocenters. The van der Waals surface area contributed by atoms with Gasteiger partial charge in [0.1, 0.15) is 0 Å². The van der Waals surface area contributed by atoms with Gasteiger partial charge in [0.15, 0.2) is 0 Å². The van der Waals surface area contributed by atoms with E-state index < -0.39 is 0 Å². The monoisotopic (exact) mass is 239 g/mol. The molecule has 2 nitrogen and oxygen atoms in total. The second-order valence-corrected chi connectivity index (χ2v) is 4.85. The SMILES string of the molecule is C[C@H](NCC1CCOC1)c1cccc(Cl)c1. The fourth-order valence-corrected chi connectivity index (χ4v) is 2.18. The summed E-state index contributed by atoms with van der Waals surface area (Å²) in [5, 5.41) is 4.33. The van der Waals surface area contributed by atoms with Crippen LogP contribution in [0.5, 0.6) is 0 Å². The molecule has 1 aliphatic rings. The van der Waals surface area contributed by atoms with E-state index >= 15 is 0 Å². The van der Waals surface area contributed by atoms with Crippen LogP contribution in [0.2, 0.25) is 5.02 Å². The van der Waals surface area contributed by atoms with E-state index in [0.29, 0.717) is 12.0 Å². The first-order valence-electron chi connectivity index (χ1n) is 5.82. The van der Waals surface area contributed by atoms with Crippen LogP contribution in [0.15, 0.2) is 24.3 Å². The van der Waals surface area contributed by atoms with Crippen molar-refractivity contribution in [2.24, 2.45) is 5.92 Å². The van der Waals surface area contributed by atoms with E-state index in [0.717, 1.165) is 24.8 Å². The van der Waals surface area contributed by atoms with Gasteiger partial charge in [0.25, 0.3) is 0 Å². The van der Waals surface area contributed by atoms with Gasteiger partial charge in [0.05, 0.1) is 6.61 Å². The Bertz CT molecular complexity index is 336. The molecule has 16 heavy (non-hydrogen) atoms. The lowest BCUT2D eigenvalue weighted by Crippen LogP contribution is -2.25. The highest BCUT2D eigenvalue weighted by atomic mass is 35.5. The molecule has 1 saturated heterocycles. The van der Waals surface area contributed by atoms with Gasteiger partial charge in [-0.25, -0.2) is 0 Å². The summed E-state index contributed by atoms with van der Waals surface area (Å²) in [6.45, 7) is 5.00. The van der Waals surface area contributed by atoms with E-state index in [1.807, 2.05) is 18.2 Å². The minimum absolute atomic E-state index is 0.347. The third-order valence-electron chi connectivity index (χ3n) is 3.09. The van der Waals surface area contributed by atoms with Crippen molar-refractivity contribution in [3.05, 3.63) is 34.9 Å². The third-order valence-corrected chi connectivity index (χ3v) is 3.32. The van der Waals surface area contributed by atoms with Crippen LogP contribution >= 0.6 is 11.6 Å². The van der Waals surface area contributed by atoms with Gasteiger partial charge in [-0.15, -0.1) is 0 Å². The summed E-state index contributed by atoms with van der Waals surface area (Å²) < 4.78 is 5.35. The summed E-state index contributed by atoms with van der Waals surface area (Å²) in [5.74, 6) is 0.668. The molecule has 1 N–H and O–H groups in total. The summed E-state index contributed by atoms with van der Waals surface area (Å²) >= 11 is 5.97. The van der Waals surface area contributed by atoms with Crippen LogP contribution in [-0.2, 0) is 4.74 Å². The zero-order valence-electron chi connectivity index (χ0n) is 9.58. The van der Waals surface area contributed by atoms with Gasteiger partial charge in [-0.3, -0.25) is 0 Å². The Labute approximate surface area is 102 Å². The van der Waals surface area contributed by atoms with Crippen molar-refractivity contribution in [2.75, 3.05) is 19.8 Å². The zero-order chi connectivity index (χ0) is 11.4. The van der Waals surface area contributed by atoms with E-state index in [-0.39, 0.29) is 0 Å². The summed E-state index contributed by atoms with van der Waals surface area (Å²) in [6, 6.07) is 8.37. The minimum atomic E-state index is 0.347. The lowest BCUT2D eigenvalue weighted by atomic mass is 10.1. The number of ether oxygens (including phenoxy) is 1. The summed E-state index contributed by atoms with van der Waals surface area (Å²) in [6.07, 6.45) is 1.18. The Morgan fingerprint density at radius 1 is 1.56 bits per heavy atom. The average Bonchev–Trinajstić information content (AvgIpc) is 2.78. The number of halogens is 1. The molecular formula is C13H18ClNO. The third kappa shape index (κ3) is 3.21. The molecule has 3 heteroatoms. The predicted octanol–water partition coefficient (Wildman–Crippen LogP) is 3.03. The molecule has 0 aromatic heterocycles. The first kappa shape index (κ1) is 11.9. The standard InChI is InChI=1S/C13H18ClNO/c1-10(12-3-2-4-13(14)7-12)15-8-11-5-6-16-9-11/h2-4,7,10-11,15H,5-6,8-9H2,1H3/t10-,11?/m0/s1. The average molecular weight is 240 g/mol. The maximum Gasteiger partial charge on any atom is 0.0507 e. The first-order valence-corrected chi connectivity index (χ1v) is 6.20. The molecule has 0 radical (unpaired) electrons. The van der Waals surface area contributed by atoms with Crippen LogP contribution in [0.1, 0.15) is 24.9 Å². The van der Waals surface area contributed by atoms with Gasteiger partial charge in [0.2, 0.25) is 0 Å². The van der Waals surface area contributed by atoms with Crippen LogP contribution in [0.25, 0.3) is 0 Å². The van der Waals surface area contributed by atoms with E-state index in [2.05, 4.69) is 18.3 Å². The predicted molar refractivity (Wildman–Crippen MR) is 66.8 cm³/mol. The molecule has 1 aliphatic heterocycles. The topological polar surface area (TPSA) is 21.3 Å². The van der Waals surface area contributed by atoms with Gasteiger partial charge >= 0.3 is 0 Å². The van der Waals surface area contributed by atoms with Crippen molar-refractivity contribution < 1.29 is 4.74 Å². The summed E-state index contributed by atoms with van der Waals surface area (Å²) in [5.41, 5.74) is 1.24. The molecule has 0 amide bonds. The second-order valence-electron chi connectivity index (χ2n) is 4.41. The number of hydrogen-bond donors (Lipinski definition) is 1. The molecule has 1 unspecified atom stereocenters. The highest BCUT2D eigenvalue weighted by Gasteiger charge is 2.16. The normalized spacial score (nSPS) is 22.2. The van der Waals surface area contributed by atoms with E-state index in [1.54, 1.807) is 0 Å².